The van der Waals surface area contributed by atoms with Crippen molar-refractivity contribution >= 4 is 23.7 Å². The minimum atomic E-state index is -0.491. The molecule has 0 amide bonds. The Bertz CT molecular complexity index is 957. The van der Waals surface area contributed by atoms with E-state index < -0.39 is 6.04 Å². The van der Waals surface area contributed by atoms with Crippen LogP contribution in [0.1, 0.15) is 52.1 Å². The zero-order chi connectivity index (χ0) is 22.4. The van der Waals surface area contributed by atoms with Crippen LogP contribution in [0.2, 0.25) is 0 Å². The summed E-state index contributed by atoms with van der Waals surface area (Å²) in [6, 6.07) is 5.16. The van der Waals surface area contributed by atoms with Crippen LogP contribution >= 0.6 is 11.8 Å². The van der Waals surface area contributed by atoms with Gasteiger partial charge < -0.3 is 19.5 Å². The molecule has 1 unspecified atom stereocenters. The number of anilines is 1. The molecule has 8 nitrogen and oxygen atoms in total. The predicted octanol–water partition coefficient (Wildman–Crippen LogP) is 4.43. The minimum Gasteiger partial charge on any atom is -0.493 e. The van der Waals surface area contributed by atoms with Gasteiger partial charge in [-0.2, -0.15) is 4.98 Å². The molecule has 1 aromatic carbocycles. The van der Waals surface area contributed by atoms with E-state index in [2.05, 4.69) is 17.2 Å². The number of rotatable bonds is 10. The summed E-state index contributed by atoms with van der Waals surface area (Å²) in [6.07, 6.45) is 1.77. The van der Waals surface area contributed by atoms with Gasteiger partial charge >= 0.3 is 5.97 Å². The van der Waals surface area contributed by atoms with E-state index in [0.717, 1.165) is 24.2 Å². The Hall–Kier alpha value is -2.68. The smallest absolute Gasteiger partial charge is 0.338 e. The molecular formula is C22H30N4O4S. The fourth-order valence-corrected chi connectivity index (χ4v) is 4.05. The lowest BCUT2D eigenvalue weighted by atomic mass is 9.95. The van der Waals surface area contributed by atoms with Crippen LogP contribution in [0.4, 0.5) is 5.95 Å². The van der Waals surface area contributed by atoms with Gasteiger partial charge in [0.05, 0.1) is 25.9 Å². The van der Waals surface area contributed by atoms with Crippen molar-refractivity contribution < 1.29 is 19.0 Å². The largest absolute Gasteiger partial charge is 0.493 e. The number of benzene rings is 1. The van der Waals surface area contributed by atoms with Crippen molar-refractivity contribution in [3.05, 3.63) is 35.0 Å². The second kappa shape index (κ2) is 10.6. The first kappa shape index (κ1) is 23.0. The van der Waals surface area contributed by atoms with Crippen LogP contribution in [0.15, 0.2) is 34.6 Å². The normalized spacial score (nSPS) is 15.3. The molecule has 0 saturated heterocycles. The number of hydrogen-bond acceptors (Lipinski definition) is 8. The van der Waals surface area contributed by atoms with Gasteiger partial charge in [0.25, 0.3) is 0 Å². The first-order valence-corrected chi connectivity index (χ1v) is 11.6. The van der Waals surface area contributed by atoms with Crippen LogP contribution < -0.4 is 14.8 Å². The second-order valence-corrected chi connectivity index (χ2v) is 8.12. The van der Waals surface area contributed by atoms with E-state index in [1.807, 2.05) is 39.0 Å². The number of thioether (sulfide) groups is 1. The molecule has 2 heterocycles. The van der Waals surface area contributed by atoms with E-state index in [1.54, 1.807) is 23.6 Å². The number of hydrogen-bond donors (Lipinski definition) is 1. The summed E-state index contributed by atoms with van der Waals surface area (Å²) in [6.45, 7) is 8.72. The molecule has 3 rings (SSSR count). The fraction of sp³-hybridized carbons (Fsp3) is 0.500. The van der Waals surface area contributed by atoms with Gasteiger partial charge in [0, 0.05) is 11.4 Å². The van der Waals surface area contributed by atoms with Crippen molar-refractivity contribution in [2.75, 3.05) is 31.4 Å². The van der Waals surface area contributed by atoms with Crippen molar-refractivity contribution in [1.82, 2.24) is 14.8 Å². The molecule has 1 aromatic heterocycles. The van der Waals surface area contributed by atoms with E-state index in [9.17, 15) is 4.79 Å². The number of methoxy groups -OCH3 is 1. The molecule has 0 saturated carbocycles. The molecule has 0 spiro atoms. The highest BCUT2D eigenvalue weighted by atomic mass is 32.2. The summed E-state index contributed by atoms with van der Waals surface area (Å²) in [5.41, 5.74) is 2.05. The molecule has 0 bridgehead atoms. The van der Waals surface area contributed by atoms with Gasteiger partial charge in [-0.05, 0) is 44.4 Å². The third kappa shape index (κ3) is 4.98. The molecular weight excluding hydrogens is 416 g/mol. The number of aromatic nitrogens is 3. The Morgan fingerprint density at radius 3 is 2.71 bits per heavy atom. The summed E-state index contributed by atoms with van der Waals surface area (Å²) in [5, 5.41) is 8.60. The highest BCUT2D eigenvalue weighted by molar-refractivity contribution is 7.99. The quantitative estimate of drug-likeness (QED) is 0.424. The number of nitrogens with zero attached hydrogens (tertiary/aromatic N) is 3. The number of allylic oxidation sites excluding steroid dienone is 1. The molecule has 168 valence electrons. The maximum atomic E-state index is 13.0. The van der Waals surface area contributed by atoms with Gasteiger partial charge in [0.1, 0.15) is 6.04 Å². The van der Waals surface area contributed by atoms with Gasteiger partial charge in [-0.3, -0.25) is 0 Å². The van der Waals surface area contributed by atoms with Gasteiger partial charge in [-0.15, -0.1) is 5.10 Å². The molecule has 31 heavy (non-hydrogen) atoms. The number of esters is 1. The molecule has 1 atom stereocenters. The summed E-state index contributed by atoms with van der Waals surface area (Å²) in [4.78, 5) is 17.7. The molecule has 0 radical (unpaired) electrons. The second-order valence-electron chi connectivity index (χ2n) is 7.06. The molecule has 0 aliphatic carbocycles. The van der Waals surface area contributed by atoms with Gasteiger partial charge in [0.2, 0.25) is 11.1 Å². The topological polar surface area (TPSA) is 87.5 Å². The van der Waals surface area contributed by atoms with E-state index in [1.165, 1.54) is 0 Å². The van der Waals surface area contributed by atoms with Crippen LogP contribution in [-0.2, 0) is 9.53 Å². The van der Waals surface area contributed by atoms with Crippen molar-refractivity contribution in [2.45, 2.75) is 51.7 Å². The summed E-state index contributed by atoms with van der Waals surface area (Å²) >= 11 is 1.59. The SMILES string of the molecule is CCCOC(=O)C1=C(C)Nc2nc(SCCC)nn2C1c1ccc(OC)c(OCC)c1. The van der Waals surface area contributed by atoms with Gasteiger partial charge in [-0.1, -0.05) is 31.7 Å². The Labute approximate surface area is 187 Å². The number of carbonyl (C=O) groups excluding carboxylic acids is 1. The summed E-state index contributed by atoms with van der Waals surface area (Å²) in [7, 11) is 1.60. The van der Waals surface area contributed by atoms with E-state index in [4.69, 9.17) is 19.3 Å². The van der Waals surface area contributed by atoms with Crippen molar-refractivity contribution in [2.24, 2.45) is 0 Å². The average Bonchev–Trinajstić information content (AvgIpc) is 3.17. The van der Waals surface area contributed by atoms with Crippen molar-refractivity contribution in [1.29, 1.82) is 0 Å². The zero-order valence-electron chi connectivity index (χ0n) is 18.7. The lowest BCUT2D eigenvalue weighted by Crippen LogP contribution is -2.29. The number of nitrogens with one attached hydrogen (secondary N) is 1. The van der Waals surface area contributed by atoms with E-state index in [-0.39, 0.29) is 5.97 Å². The van der Waals surface area contributed by atoms with Crippen molar-refractivity contribution in [3.8, 4) is 11.5 Å². The van der Waals surface area contributed by atoms with Gasteiger partial charge in [-0.25, -0.2) is 9.48 Å². The van der Waals surface area contributed by atoms with Gasteiger partial charge in [0.15, 0.2) is 11.5 Å². The molecule has 1 aliphatic rings. The summed E-state index contributed by atoms with van der Waals surface area (Å²) < 4.78 is 18.5. The maximum absolute atomic E-state index is 13.0. The molecule has 1 aliphatic heterocycles. The average molecular weight is 447 g/mol. The maximum Gasteiger partial charge on any atom is 0.338 e. The van der Waals surface area contributed by atoms with Crippen LogP contribution in [-0.4, -0.2) is 46.8 Å². The van der Waals surface area contributed by atoms with E-state index >= 15 is 0 Å². The predicted molar refractivity (Wildman–Crippen MR) is 121 cm³/mol. The lowest BCUT2D eigenvalue weighted by molar-refractivity contribution is -0.139. The molecule has 1 N–H and O–H groups in total. The van der Waals surface area contributed by atoms with Crippen LogP contribution in [0.3, 0.4) is 0 Å². The molecule has 9 heteroatoms. The molecule has 0 fully saturated rings. The number of fused-ring (bicyclic) bond motifs is 1. The highest BCUT2D eigenvalue weighted by Gasteiger charge is 2.35. The monoisotopic (exact) mass is 446 g/mol. The number of ether oxygens (including phenoxy) is 3. The standard InChI is InChI=1S/C22H30N4O4S/c1-6-11-30-20(27)18-14(4)23-21-24-22(31-12-7-2)25-26(21)19(18)15-9-10-16(28-5)17(13-15)29-8-3/h9-10,13,19H,6-8,11-12H2,1-5H3,(H,23,24,25). The third-order valence-electron chi connectivity index (χ3n) is 4.73. The minimum absolute atomic E-state index is 0.358. The third-order valence-corrected chi connectivity index (χ3v) is 5.77. The Morgan fingerprint density at radius 1 is 1.23 bits per heavy atom. The molecule has 2 aromatic rings. The van der Waals surface area contributed by atoms with Crippen LogP contribution in [0.25, 0.3) is 0 Å². The Morgan fingerprint density at radius 2 is 2.03 bits per heavy atom. The fourth-order valence-electron chi connectivity index (χ4n) is 3.36. The van der Waals surface area contributed by atoms with Crippen molar-refractivity contribution in [3.63, 3.8) is 0 Å². The highest BCUT2D eigenvalue weighted by Crippen LogP contribution is 2.39. The lowest BCUT2D eigenvalue weighted by Gasteiger charge is -2.28. The first-order chi connectivity index (χ1) is 15.0. The van der Waals surface area contributed by atoms with Crippen LogP contribution in [0, 0.1) is 0 Å². The number of carbonyl (C=O) groups is 1. The van der Waals surface area contributed by atoms with E-state index in [0.29, 0.717) is 47.1 Å². The van der Waals surface area contributed by atoms with Crippen LogP contribution in [0.5, 0.6) is 11.5 Å². The summed E-state index contributed by atoms with van der Waals surface area (Å²) in [5.74, 6) is 2.40. The zero-order valence-corrected chi connectivity index (χ0v) is 19.5. The Balaban J connectivity index is 2.11. The first-order valence-electron chi connectivity index (χ1n) is 10.6. The Kier molecular flexibility index (Phi) is 7.84.